The predicted molar refractivity (Wildman–Crippen MR) is 107 cm³/mol. The number of nitrogens with one attached hydrogen (secondary N) is 1. The third-order valence-corrected chi connectivity index (χ3v) is 4.89. The Morgan fingerprint density at radius 3 is 2.65 bits per heavy atom. The number of allylic oxidation sites excluding steroid dienone is 1. The van der Waals surface area contributed by atoms with E-state index in [1.807, 2.05) is 25.5 Å². The molecule has 1 N–H and O–H groups in total. The molecule has 2 rings (SSSR count). The minimum absolute atomic E-state index is 0.123. The first-order valence-corrected chi connectivity index (χ1v) is 9.28. The Hall–Kier alpha value is -2.31. The number of amides is 1. The lowest BCUT2D eigenvalue weighted by molar-refractivity contribution is 0.0941. The lowest BCUT2D eigenvalue weighted by atomic mass is 10.0. The maximum atomic E-state index is 12.7. The summed E-state index contributed by atoms with van der Waals surface area (Å²) in [5.41, 5.74) is 2.61. The van der Waals surface area contributed by atoms with E-state index in [0.29, 0.717) is 30.0 Å². The molecule has 5 nitrogen and oxygen atoms in total. The Morgan fingerprint density at radius 2 is 2.12 bits per heavy atom. The third-order valence-electron chi connectivity index (χ3n) is 4.19. The van der Waals surface area contributed by atoms with E-state index in [9.17, 15) is 4.79 Å². The van der Waals surface area contributed by atoms with Gasteiger partial charge in [-0.2, -0.15) is 11.3 Å². The van der Waals surface area contributed by atoms with E-state index in [1.54, 1.807) is 37.7 Å². The van der Waals surface area contributed by atoms with Gasteiger partial charge in [-0.05, 0) is 55.0 Å². The Labute approximate surface area is 159 Å². The summed E-state index contributed by atoms with van der Waals surface area (Å²) in [6, 6.07) is 5.74. The zero-order chi connectivity index (χ0) is 19.1. The first-order valence-electron chi connectivity index (χ1n) is 8.34. The molecule has 1 aromatic carbocycles. The van der Waals surface area contributed by atoms with Gasteiger partial charge < -0.3 is 19.7 Å². The maximum absolute atomic E-state index is 12.7. The van der Waals surface area contributed by atoms with Gasteiger partial charge in [0.1, 0.15) is 0 Å². The zero-order valence-corrected chi connectivity index (χ0v) is 16.6. The molecule has 0 radical (unpaired) electrons. The second kappa shape index (κ2) is 9.40. The molecule has 1 amide bonds. The summed E-state index contributed by atoms with van der Waals surface area (Å²) in [5.74, 6) is 1.03. The van der Waals surface area contributed by atoms with Crippen molar-refractivity contribution in [2.45, 2.75) is 12.5 Å². The van der Waals surface area contributed by atoms with E-state index in [-0.39, 0.29) is 11.9 Å². The van der Waals surface area contributed by atoms with Crippen LogP contribution in [0.5, 0.6) is 11.5 Å². The maximum Gasteiger partial charge on any atom is 0.251 e. The molecular weight excluding hydrogens is 348 g/mol. The molecule has 1 aromatic heterocycles. The molecule has 1 heterocycles. The third kappa shape index (κ3) is 4.65. The van der Waals surface area contributed by atoms with Crippen molar-refractivity contribution in [3.8, 4) is 11.5 Å². The van der Waals surface area contributed by atoms with Crippen LogP contribution in [-0.2, 0) is 6.42 Å². The van der Waals surface area contributed by atoms with Gasteiger partial charge in [-0.25, -0.2) is 0 Å². The molecular formula is C20H26N2O3S. The Balaban J connectivity index is 2.20. The highest BCUT2D eigenvalue weighted by Crippen LogP contribution is 2.33. The van der Waals surface area contributed by atoms with Crippen molar-refractivity contribution in [3.63, 3.8) is 0 Å². The molecule has 2 aromatic rings. The molecule has 0 aliphatic carbocycles. The van der Waals surface area contributed by atoms with Crippen LogP contribution in [0.1, 0.15) is 27.5 Å². The molecule has 26 heavy (non-hydrogen) atoms. The standard InChI is InChI=1S/C20H26N2O3S/c1-6-7-14-10-16(11-18(24-4)19(14)25-5)20(23)21-12-17(22(2)3)15-8-9-26-13-15/h6,8-11,13,17H,1,7,12H2,2-5H3,(H,21,23). The quantitative estimate of drug-likeness (QED) is 0.682. The smallest absolute Gasteiger partial charge is 0.251 e. The van der Waals surface area contributed by atoms with Gasteiger partial charge in [0.2, 0.25) is 0 Å². The van der Waals surface area contributed by atoms with E-state index in [4.69, 9.17) is 9.47 Å². The summed E-state index contributed by atoms with van der Waals surface area (Å²) in [7, 11) is 7.17. The highest BCUT2D eigenvalue weighted by Gasteiger charge is 2.19. The molecule has 0 bridgehead atoms. The number of thiophene rings is 1. The van der Waals surface area contributed by atoms with Crippen molar-refractivity contribution in [1.82, 2.24) is 10.2 Å². The van der Waals surface area contributed by atoms with Crippen LogP contribution in [0.2, 0.25) is 0 Å². The zero-order valence-electron chi connectivity index (χ0n) is 15.7. The lowest BCUT2D eigenvalue weighted by Crippen LogP contribution is -2.34. The molecule has 0 aliphatic rings. The van der Waals surface area contributed by atoms with Crippen LogP contribution in [0.4, 0.5) is 0 Å². The van der Waals surface area contributed by atoms with Crippen LogP contribution in [0.15, 0.2) is 41.6 Å². The van der Waals surface area contributed by atoms with Crippen LogP contribution in [0.3, 0.4) is 0 Å². The Morgan fingerprint density at radius 1 is 1.35 bits per heavy atom. The summed E-state index contributed by atoms with van der Waals surface area (Å²) in [6.07, 6.45) is 2.37. The minimum Gasteiger partial charge on any atom is -0.493 e. The van der Waals surface area contributed by atoms with Gasteiger partial charge in [0, 0.05) is 17.7 Å². The molecule has 0 spiro atoms. The van der Waals surface area contributed by atoms with E-state index in [2.05, 4.69) is 28.2 Å². The molecule has 1 unspecified atom stereocenters. The molecule has 140 valence electrons. The van der Waals surface area contributed by atoms with Gasteiger partial charge in [-0.3, -0.25) is 4.79 Å². The summed E-state index contributed by atoms with van der Waals surface area (Å²) in [4.78, 5) is 14.8. The summed E-state index contributed by atoms with van der Waals surface area (Å²) in [6.45, 7) is 4.29. The minimum atomic E-state index is -0.140. The normalized spacial score (nSPS) is 11.9. The van der Waals surface area contributed by atoms with Crippen molar-refractivity contribution < 1.29 is 14.3 Å². The van der Waals surface area contributed by atoms with Crippen molar-refractivity contribution in [2.24, 2.45) is 0 Å². The average molecular weight is 375 g/mol. The molecule has 0 saturated carbocycles. The number of ether oxygens (including phenoxy) is 2. The second-order valence-corrected chi connectivity index (χ2v) is 6.89. The number of carbonyl (C=O) groups excluding carboxylic acids is 1. The van der Waals surface area contributed by atoms with Crippen molar-refractivity contribution in [2.75, 3.05) is 34.9 Å². The lowest BCUT2D eigenvalue weighted by Gasteiger charge is -2.24. The number of benzene rings is 1. The van der Waals surface area contributed by atoms with Crippen molar-refractivity contribution >= 4 is 17.2 Å². The number of methoxy groups -OCH3 is 2. The Kier molecular flexibility index (Phi) is 7.24. The van der Waals surface area contributed by atoms with Crippen LogP contribution in [0.25, 0.3) is 0 Å². The molecule has 1 atom stereocenters. The van der Waals surface area contributed by atoms with Gasteiger partial charge in [-0.15, -0.1) is 6.58 Å². The topological polar surface area (TPSA) is 50.8 Å². The van der Waals surface area contributed by atoms with E-state index < -0.39 is 0 Å². The summed E-state index contributed by atoms with van der Waals surface area (Å²) >= 11 is 1.65. The fourth-order valence-corrected chi connectivity index (χ4v) is 3.54. The summed E-state index contributed by atoms with van der Waals surface area (Å²) < 4.78 is 10.8. The highest BCUT2D eigenvalue weighted by atomic mass is 32.1. The van der Waals surface area contributed by atoms with Crippen LogP contribution < -0.4 is 14.8 Å². The Bertz CT molecular complexity index is 742. The monoisotopic (exact) mass is 374 g/mol. The van der Waals surface area contributed by atoms with Crippen LogP contribution >= 0.6 is 11.3 Å². The van der Waals surface area contributed by atoms with E-state index in [0.717, 1.165) is 5.56 Å². The van der Waals surface area contributed by atoms with Crippen LogP contribution in [-0.4, -0.2) is 45.7 Å². The van der Waals surface area contributed by atoms with E-state index >= 15 is 0 Å². The number of carbonyl (C=O) groups is 1. The van der Waals surface area contributed by atoms with E-state index in [1.165, 1.54) is 5.56 Å². The molecule has 6 heteroatoms. The molecule has 0 fully saturated rings. The molecule has 0 saturated heterocycles. The van der Waals surface area contributed by atoms with Gasteiger partial charge in [-0.1, -0.05) is 6.08 Å². The predicted octanol–water partition coefficient (Wildman–Crippen LogP) is 3.53. The number of likely N-dealkylation sites (N-methyl/N-ethyl adjacent to an activating group) is 1. The van der Waals surface area contributed by atoms with Gasteiger partial charge in [0.25, 0.3) is 5.91 Å². The number of hydrogen-bond donors (Lipinski definition) is 1. The first-order chi connectivity index (χ1) is 12.5. The summed E-state index contributed by atoms with van der Waals surface area (Å²) in [5, 5.41) is 7.18. The number of hydrogen-bond acceptors (Lipinski definition) is 5. The fraction of sp³-hybridized carbons (Fsp3) is 0.350. The highest BCUT2D eigenvalue weighted by molar-refractivity contribution is 7.07. The average Bonchev–Trinajstić information content (AvgIpc) is 3.15. The van der Waals surface area contributed by atoms with Gasteiger partial charge >= 0.3 is 0 Å². The van der Waals surface area contributed by atoms with Crippen molar-refractivity contribution in [1.29, 1.82) is 0 Å². The molecule has 0 aliphatic heterocycles. The van der Waals surface area contributed by atoms with Gasteiger partial charge in [0.05, 0.1) is 20.3 Å². The number of nitrogens with zero attached hydrogens (tertiary/aromatic N) is 1. The number of rotatable bonds is 9. The largest absolute Gasteiger partial charge is 0.493 e. The second-order valence-electron chi connectivity index (χ2n) is 6.11. The van der Waals surface area contributed by atoms with Gasteiger partial charge in [0.15, 0.2) is 11.5 Å². The SMILES string of the molecule is C=CCc1cc(C(=O)NCC(c2ccsc2)N(C)C)cc(OC)c1OC. The van der Waals surface area contributed by atoms with Crippen LogP contribution in [0, 0.1) is 0 Å². The van der Waals surface area contributed by atoms with Crippen molar-refractivity contribution in [3.05, 3.63) is 58.3 Å². The first kappa shape index (κ1) is 20.0. The fourth-order valence-electron chi connectivity index (χ4n) is 2.84.